The smallest absolute Gasteiger partial charge is 0.266 e. The predicted octanol–water partition coefficient (Wildman–Crippen LogP) is 4.45. The number of benzene rings is 2. The normalized spacial score (nSPS) is 10.9. The zero-order chi connectivity index (χ0) is 16.1. The van der Waals surface area contributed by atoms with Crippen LogP contribution >= 0.6 is 22.6 Å². The monoisotopic (exact) mass is 402 g/mol. The Hall–Kier alpha value is -2.13. The minimum Gasteiger partial charge on any atom is -0.321 e. The molecular weight excluding hydrogens is 387 g/mol. The van der Waals surface area contributed by atoms with Gasteiger partial charge in [-0.25, -0.2) is 0 Å². The van der Waals surface area contributed by atoms with E-state index in [1.165, 1.54) is 0 Å². The van der Waals surface area contributed by atoms with E-state index in [-0.39, 0.29) is 5.57 Å². The van der Waals surface area contributed by atoms with Gasteiger partial charge in [-0.3, -0.25) is 4.79 Å². The van der Waals surface area contributed by atoms with E-state index < -0.39 is 5.91 Å². The Labute approximate surface area is 143 Å². The molecule has 0 aromatic heterocycles. The third-order valence-corrected chi connectivity index (χ3v) is 4.03. The van der Waals surface area contributed by atoms with Crippen LogP contribution < -0.4 is 5.32 Å². The molecule has 3 nitrogen and oxygen atoms in total. The van der Waals surface area contributed by atoms with Crippen molar-refractivity contribution in [2.24, 2.45) is 0 Å². The molecule has 0 unspecified atom stereocenters. The quantitative estimate of drug-likeness (QED) is 0.469. The Morgan fingerprint density at radius 2 is 1.82 bits per heavy atom. The lowest BCUT2D eigenvalue weighted by Gasteiger charge is -2.07. The standard InChI is InChI=1S/C18H15IN2O/c1-12-3-8-17(9-13(12)2)21-18(22)15(11-20)10-14-4-6-16(19)7-5-14/h3-10H,1-2H3,(H,21,22)/b15-10+. The summed E-state index contributed by atoms with van der Waals surface area (Å²) in [5.41, 5.74) is 3.86. The molecule has 2 aromatic carbocycles. The minimum absolute atomic E-state index is 0.0828. The van der Waals surface area contributed by atoms with Crippen LogP contribution in [0.2, 0.25) is 0 Å². The van der Waals surface area contributed by atoms with Gasteiger partial charge < -0.3 is 5.32 Å². The lowest BCUT2D eigenvalue weighted by Crippen LogP contribution is -2.13. The van der Waals surface area contributed by atoms with E-state index in [2.05, 4.69) is 27.9 Å². The van der Waals surface area contributed by atoms with Gasteiger partial charge in [-0.2, -0.15) is 5.26 Å². The Morgan fingerprint density at radius 3 is 2.41 bits per heavy atom. The Bertz CT molecular complexity index is 771. The van der Waals surface area contributed by atoms with Gasteiger partial charge in [0.05, 0.1) is 0 Å². The molecule has 0 aliphatic rings. The van der Waals surface area contributed by atoms with Crippen molar-refractivity contribution in [1.29, 1.82) is 5.26 Å². The van der Waals surface area contributed by atoms with Crippen molar-refractivity contribution in [3.05, 3.63) is 68.3 Å². The fourth-order valence-corrected chi connectivity index (χ4v) is 2.25. The molecule has 0 atom stereocenters. The van der Waals surface area contributed by atoms with E-state index in [0.29, 0.717) is 5.69 Å². The van der Waals surface area contributed by atoms with Crippen molar-refractivity contribution >= 4 is 40.3 Å². The van der Waals surface area contributed by atoms with E-state index in [9.17, 15) is 10.1 Å². The summed E-state index contributed by atoms with van der Waals surface area (Å²) in [7, 11) is 0. The maximum absolute atomic E-state index is 12.2. The first-order chi connectivity index (χ1) is 10.5. The van der Waals surface area contributed by atoms with Crippen LogP contribution in [-0.2, 0) is 4.79 Å². The van der Waals surface area contributed by atoms with Gasteiger partial charge in [0.2, 0.25) is 0 Å². The van der Waals surface area contributed by atoms with Crippen molar-refractivity contribution < 1.29 is 4.79 Å². The van der Waals surface area contributed by atoms with Gasteiger partial charge >= 0.3 is 0 Å². The first-order valence-corrected chi connectivity index (χ1v) is 7.83. The van der Waals surface area contributed by atoms with Gasteiger partial charge in [0.25, 0.3) is 5.91 Å². The minimum atomic E-state index is -0.399. The van der Waals surface area contributed by atoms with Crippen LogP contribution in [0.1, 0.15) is 16.7 Å². The Morgan fingerprint density at radius 1 is 1.14 bits per heavy atom. The summed E-state index contributed by atoms with van der Waals surface area (Å²) < 4.78 is 1.10. The largest absolute Gasteiger partial charge is 0.321 e. The number of nitriles is 1. The lowest BCUT2D eigenvalue weighted by atomic mass is 10.1. The number of hydrogen-bond acceptors (Lipinski definition) is 2. The van der Waals surface area contributed by atoms with Gasteiger partial charge in [0.15, 0.2) is 0 Å². The second-order valence-corrected chi connectivity index (χ2v) is 6.22. The van der Waals surface area contributed by atoms with Crippen molar-refractivity contribution in [2.45, 2.75) is 13.8 Å². The zero-order valence-electron chi connectivity index (χ0n) is 12.4. The van der Waals surface area contributed by atoms with Gasteiger partial charge in [0, 0.05) is 9.26 Å². The highest BCUT2D eigenvalue weighted by Crippen LogP contribution is 2.16. The van der Waals surface area contributed by atoms with Gasteiger partial charge in [-0.15, -0.1) is 0 Å². The van der Waals surface area contributed by atoms with Crippen LogP contribution in [0.4, 0.5) is 5.69 Å². The molecule has 22 heavy (non-hydrogen) atoms. The molecule has 2 rings (SSSR count). The second-order valence-electron chi connectivity index (χ2n) is 4.97. The number of amides is 1. The highest BCUT2D eigenvalue weighted by molar-refractivity contribution is 14.1. The number of aryl methyl sites for hydroxylation is 2. The fraction of sp³-hybridized carbons (Fsp3) is 0.111. The van der Waals surface area contributed by atoms with Crippen LogP contribution in [0.15, 0.2) is 48.0 Å². The highest BCUT2D eigenvalue weighted by Gasteiger charge is 2.10. The van der Waals surface area contributed by atoms with E-state index in [0.717, 1.165) is 20.3 Å². The van der Waals surface area contributed by atoms with Crippen molar-refractivity contribution in [1.82, 2.24) is 0 Å². The van der Waals surface area contributed by atoms with E-state index in [4.69, 9.17) is 0 Å². The Balaban J connectivity index is 2.20. The number of rotatable bonds is 3. The molecule has 1 N–H and O–H groups in total. The topological polar surface area (TPSA) is 52.9 Å². The lowest BCUT2D eigenvalue weighted by molar-refractivity contribution is -0.112. The number of carbonyl (C=O) groups is 1. The molecule has 0 radical (unpaired) electrons. The molecule has 0 saturated carbocycles. The van der Waals surface area contributed by atoms with E-state index >= 15 is 0 Å². The van der Waals surface area contributed by atoms with E-state index in [1.54, 1.807) is 6.08 Å². The summed E-state index contributed by atoms with van der Waals surface area (Å²) in [6.45, 7) is 4.00. The second kappa shape index (κ2) is 7.23. The zero-order valence-corrected chi connectivity index (χ0v) is 14.5. The van der Waals surface area contributed by atoms with E-state index in [1.807, 2.05) is 62.4 Å². The molecule has 0 heterocycles. The molecule has 2 aromatic rings. The highest BCUT2D eigenvalue weighted by atomic mass is 127. The molecule has 4 heteroatoms. The maximum atomic E-state index is 12.2. The summed E-state index contributed by atoms with van der Waals surface area (Å²) in [5.74, 6) is -0.399. The average molecular weight is 402 g/mol. The molecular formula is C18H15IN2O. The third-order valence-electron chi connectivity index (χ3n) is 3.31. The number of carbonyl (C=O) groups excluding carboxylic acids is 1. The fourth-order valence-electron chi connectivity index (χ4n) is 1.89. The summed E-state index contributed by atoms with van der Waals surface area (Å²) in [6.07, 6.45) is 1.59. The van der Waals surface area contributed by atoms with Gasteiger partial charge in [-0.05, 0) is 83.5 Å². The molecule has 0 spiro atoms. The van der Waals surface area contributed by atoms with Crippen LogP contribution in [0.5, 0.6) is 0 Å². The Kier molecular flexibility index (Phi) is 5.34. The molecule has 0 fully saturated rings. The first-order valence-electron chi connectivity index (χ1n) is 6.75. The summed E-state index contributed by atoms with van der Waals surface area (Å²) in [6, 6.07) is 15.3. The van der Waals surface area contributed by atoms with Crippen LogP contribution in [0.3, 0.4) is 0 Å². The van der Waals surface area contributed by atoms with Crippen LogP contribution in [0, 0.1) is 28.7 Å². The number of hydrogen-bond donors (Lipinski definition) is 1. The van der Waals surface area contributed by atoms with Crippen molar-refractivity contribution in [3.63, 3.8) is 0 Å². The molecule has 110 valence electrons. The SMILES string of the molecule is Cc1ccc(NC(=O)/C(C#N)=C/c2ccc(I)cc2)cc1C. The number of nitrogens with one attached hydrogen (secondary N) is 1. The number of nitrogens with zero attached hydrogens (tertiary/aromatic N) is 1. The molecule has 0 saturated heterocycles. The molecule has 0 aliphatic heterocycles. The third kappa shape index (κ3) is 4.18. The predicted molar refractivity (Wildman–Crippen MR) is 97.3 cm³/mol. The molecule has 0 bridgehead atoms. The van der Waals surface area contributed by atoms with Crippen LogP contribution in [-0.4, -0.2) is 5.91 Å². The molecule has 1 amide bonds. The van der Waals surface area contributed by atoms with Gasteiger partial charge in [0.1, 0.15) is 11.6 Å². The number of anilines is 1. The van der Waals surface area contributed by atoms with Crippen molar-refractivity contribution in [2.75, 3.05) is 5.32 Å². The summed E-state index contributed by atoms with van der Waals surface area (Å²) in [4.78, 5) is 12.2. The number of halogens is 1. The van der Waals surface area contributed by atoms with Crippen molar-refractivity contribution in [3.8, 4) is 6.07 Å². The maximum Gasteiger partial charge on any atom is 0.266 e. The summed E-state index contributed by atoms with van der Waals surface area (Å²) in [5, 5.41) is 12.0. The summed E-state index contributed by atoms with van der Waals surface area (Å²) >= 11 is 2.21. The first kappa shape index (κ1) is 16.2. The average Bonchev–Trinajstić information content (AvgIpc) is 2.50. The van der Waals surface area contributed by atoms with Crippen LogP contribution in [0.25, 0.3) is 6.08 Å². The van der Waals surface area contributed by atoms with Gasteiger partial charge in [-0.1, -0.05) is 18.2 Å². The molecule has 0 aliphatic carbocycles.